The number of nitrogens with one attached hydrogen (secondary N) is 2. The number of carbonyl (C=O) groups is 2. The number of rotatable bonds is 6. The molecule has 0 aliphatic heterocycles. The number of fused-ring (bicyclic) bond motifs is 1. The fourth-order valence-electron chi connectivity index (χ4n) is 3.59. The molecule has 2 amide bonds. The highest BCUT2D eigenvalue weighted by Gasteiger charge is 2.28. The molecule has 9 heteroatoms. The quantitative estimate of drug-likeness (QED) is 0.525. The maximum atomic E-state index is 12.3. The van der Waals surface area contributed by atoms with Crippen LogP contribution in [0.3, 0.4) is 0 Å². The van der Waals surface area contributed by atoms with E-state index >= 15 is 0 Å². The summed E-state index contributed by atoms with van der Waals surface area (Å²) in [6, 6.07) is 8.01. The molecule has 7 nitrogen and oxygen atoms in total. The third-order valence-corrected chi connectivity index (χ3v) is 7.15. The van der Waals surface area contributed by atoms with E-state index < -0.39 is 6.09 Å². The highest BCUT2D eigenvalue weighted by atomic mass is 32.1. The number of aromatic nitrogens is 1. The summed E-state index contributed by atoms with van der Waals surface area (Å²) < 4.78 is 7.54. The zero-order valence-corrected chi connectivity index (χ0v) is 19.1. The second-order valence-electron chi connectivity index (χ2n) is 7.43. The minimum atomic E-state index is -0.455. The van der Waals surface area contributed by atoms with Gasteiger partial charge in [0.05, 0.1) is 12.1 Å². The summed E-state index contributed by atoms with van der Waals surface area (Å²) >= 11 is 2.94. The number of anilines is 1. The lowest BCUT2D eigenvalue weighted by atomic mass is 9.94. The lowest BCUT2D eigenvalue weighted by molar-refractivity contribution is -0.111. The number of nitriles is 1. The van der Waals surface area contributed by atoms with Crippen LogP contribution in [0.4, 0.5) is 9.80 Å². The Kier molecular flexibility index (Phi) is 6.73. The number of hydrogen-bond donors (Lipinski definition) is 2. The van der Waals surface area contributed by atoms with E-state index in [9.17, 15) is 14.9 Å². The molecule has 32 heavy (non-hydrogen) atoms. The van der Waals surface area contributed by atoms with Crippen molar-refractivity contribution in [1.82, 2.24) is 9.88 Å². The van der Waals surface area contributed by atoms with Crippen molar-refractivity contribution in [2.24, 2.45) is 7.05 Å². The Balaban J connectivity index is 1.36. The predicted octanol–water partition coefficient (Wildman–Crippen LogP) is 4.46. The van der Waals surface area contributed by atoms with E-state index in [1.54, 1.807) is 17.4 Å². The van der Waals surface area contributed by atoms with E-state index in [1.165, 1.54) is 17.4 Å². The molecule has 1 aliphatic carbocycles. The summed E-state index contributed by atoms with van der Waals surface area (Å²) in [5.74, 6) is -0.279. The molecule has 0 aromatic carbocycles. The van der Waals surface area contributed by atoms with Gasteiger partial charge in [0.2, 0.25) is 5.91 Å². The second kappa shape index (κ2) is 9.85. The average Bonchev–Trinajstić information content (AvgIpc) is 3.50. The van der Waals surface area contributed by atoms with Gasteiger partial charge in [-0.3, -0.25) is 4.79 Å². The molecule has 3 aromatic heterocycles. The van der Waals surface area contributed by atoms with Gasteiger partial charge in [-0.25, -0.2) is 4.79 Å². The van der Waals surface area contributed by atoms with Crippen molar-refractivity contribution >= 4 is 45.8 Å². The SMILES string of the molecule is Cn1cccc1CNC(=O)OC1CCc2c(sc(NC(=O)/C=C/c3ccsc3)c2C#N)C1. The zero-order chi connectivity index (χ0) is 22.5. The fourth-order valence-corrected chi connectivity index (χ4v) is 5.49. The third-order valence-electron chi connectivity index (χ3n) is 5.28. The molecule has 1 unspecified atom stereocenters. The normalized spacial score (nSPS) is 15.2. The lowest BCUT2D eigenvalue weighted by Crippen LogP contribution is -2.32. The molecule has 2 N–H and O–H groups in total. The Morgan fingerprint density at radius 1 is 1.41 bits per heavy atom. The van der Waals surface area contributed by atoms with Crippen molar-refractivity contribution < 1.29 is 14.3 Å². The highest BCUT2D eigenvalue weighted by molar-refractivity contribution is 7.16. The van der Waals surface area contributed by atoms with E-state index in [4.69, 9.17) is 4.74 Å². The summed E-state index contributed by atoms with van der Waals surface area (Å²) in [5, 5.41) is 19.7. The topological polar surface area (TPSA) is 96.2 Å². The van der Waals surface area contributed by atoms with Gasteiger partial charge >= 0.3 is 6.09 Å². The molecule has 0 spiro atoms. The largest absolute Gasteiger partial charge is 0.446 e. The van der Waals surface area contributed by atoms with E-state index in [0.717, 1.165) is 21.7 Å². The van der Waals surface area contributed by atoms with Crippen molar-refractivity contribution in [2.45, 2.75) is 31.9 Å². The maximum Gasteiger partial charge on any atom is 0.407 e. The maximum absolute atomic E-state index is 12.3. The number of nitrogens with zero attached hydrogens (tertiary/aromatic N) is 2. The number of ether oxygens (including phenoxy) is 1. The van der Waals surface area contributed by atoms with Gasteiger partial charge in [-0.05, 0) is 59.0 Å². The molecule has 0 saturated carbocycles. The van der Waals surface area contributed by atoms with Crippen LogP contribution >= 0.6 is 22.7 Å². The molecule has 1 aliphatic rings. The summed E-state index contributed by atoms with van der Waals surface area (Å²) in [4.78, 5) is 25.5. The van der Waals surface area contributed by atoms with Crippen molar-refractivity contribution in [3.05, 3.63) is 68.5 Å². The molecule has 0 fully saturated rings. The van der Waals surface area contributed by atoms with Crippen LogP contribution < -0.4 is 10.6 Å². The standard InChI is InChI=1S/C23H22N4O3S2/c1-27-9-2-3-16(27)13-25-23(29)30-17-5-6-18-19(12-24)22(32-20(18)11-17)26-21(28)7-4-15-8-10-31-14-15/h2-4,7-10,14,17H,5-6,11,13H2,1H3,(H,25,29)(H,26,28)/b7-4+. The smallest absolute Gasteiger partial charge is 0.407 e. The van der Waals surface area contributed by atoms with Crippen LogP contribution in [0, 0.1) is 11.3 Å². The van der Waals surface area contributed by atoms with Crippen LogP contribution in [0.25, 0.3) is 6.08 Å². The van der Waals surface area contributed by atoms with E-state index in [1.807, 2.05) is 46.8 Å². The van der Waals surface area contributed by atoms with Gasteiger partial charge in [0.25, 0.3) is 0 Å². The first-order valence-electron chi connectivity index (χ1n) is 10.1. The monoisotopic (exact) mass is 466 g/mol. The van der Waals surface area contributed by atoms with Gasteiger partial charge in [0, 0.05) is 36.3 Å². The number of carbonyl (C=O) groups excluding carboxylic acids is 2. The molecular weight excluding hydrogens is 444 g/mol. The molecule has 0 saturated heterocycles. The van der Waals surface area contributed by atoms with E-state index in [0.29, 0.717) is 36.4 Å². The molecule has 4 rings (SSSR count). The van der Waals surface area contributed by atoms with Gasteiger partial charge in [0.1, 0.15) is 17.2 Å². The van der Waals surface area contributed by atoms with Crippen LogP contribution in [-0.2, 0) is 36.0 Å². The Hall–Kier alpha value is -3.35. The van der Waals surface area contributed by atoms with Crippen LogP contribution in [0.1, 0.15) is 33.7 Å². The van der Waals surface area contributed by atoms with E-state index in [2.05, 4.69) is 16.7 Å². The van der Waals surface area contributed by atoms with Gasteiger partial charge in [-0.2, -0.15) is 16.6 Å². The first-order valence-corrected chi connectivity index (χ1v) is 11.9. The number of thiophene rings is 2. The van der Waals surface area contributed by atoms with Gasteiger partial charge in [-0.15, -0.1) is 11.3 Å². The molecule has 3 aromatic rings. The predicted molar refractivity (Wildman–Crippen MR) is 126 cm³/mol. The van der Waals surface area contributed by atoms with Gasteiger partial charge in [-0.1, -0.05) is 0 Å². The second-order valence-corrected chi connectivity index (χ2v) is 9.32. The summed E-state index contributed by atoms with van der Waals surface area (Å²) in [6.07, 6.45) is 6.21. The van der Waals surface area contributed by atoms with Crippen LogP contribution in [0.2, 0.25) is 0 Å². The van der Waals surface area contributed by atoms with E-state index in [-0.39, 0.29) is 12.0 Å². The van der Waals surface area contributed by atoms with Gasteiger partial charge in [0.15, 0.2) is 0 Å². The zero-order valence-electron chi connectivity index (χ0n) is 17.5. The van der Waals surface area contributed by atoms with Crippen LogP contribution in [-0.4, -0.2) is 22.7 Å². The average molecular weight is 467 g/mol. The fraction of sp³-hybridized carbons (Fsp3) is 0.261. The number of aryl methyl sites for hydroxylation is 1. The van der Waals surface area contributed by atoms with Crippen LogP contribution in [0.5, 0.6) is 0 Å². The Morgan fingerprint density at radius 3 is 3.00 bits per heavy atom. The number of alkyl carbamates (subject to hydrolysis) is 1. The lowest BCUT2D eigenvalue weighted by Gasteiger charge is -2.22. The van der Waals surface area contributed by atoms with Crippen molar-refractivity contribution in [1.29, 1.82) is 5.26 Å². The molecule has 0 bridgehead atoms. The Labute approximate surface area is 193 Å². The summed E-state index contributed by atoms with van der Waals surface area (Å²) in [5.41, 5.74) is 3.40. The molecular formula is C23H22N4O3S2. The van der Waals surface area contributed by atoms with Crippen LogP contribution in [0.15, 0.2) is 41.2 Å². The minimum absolute atomic E-state index is 0.261. The van der Waals surface area contributed by atoms with Gasteiger partial charge < -0.3 is 19.9 Å². The minimum Gasteiger partial charge on any atom is -0.446 e. The summed E-state index contributed by atoms with van der Waals surface area (Å²) in [6.45, 7) is 0.396. The highest BCUT2D eigenvalue weighted by Crippen LogP contribution is 2.38. The third kappa shape index (κ3) is 5.10. The number of amides is 2. The first-order chi connectivity index (χ1) is 15.5. The molecule has 3 heterocycles. The molecule has 0 radical (unpaired) electrons. The molecule has 1 atom stereocenters. The Bertz CT molecular complexity index is 1180. The van der Waals surface area contributed by atoms with Crippen molar-refractivity contribution in [3.63, 3.8) is 0 Å². The first kappa shape index (κ1) is 21.9. The van der Waals surface area contributed by atoms with Crippen molar-refractivity contribution in [3.8, 4) is 6.07 Å². The molecule has 164 valence electrons. The summed E-state index contributed by atoms with van der Waals surface area (Å²) in [7, 11) is 1.92. The number of hydrogen-bond acceptors (Lipinski definition) is 6. The van der Waals surface area contributed by atoms with Crippen molar-refractivity contribution in [2.75, 3.05) is 5.32 Å². The Morgan fingerprint density at radius 2 is 2.28 bits per heavy atom.